The van der Waals surface area contributed by atoms with Gasteiger partial charge in [-0.1, -0.05) is 55.5 Å². The fraction of sp³-hybridized carbons (Fsp3) is 0.468. The van der Waals surface area contributed by atoms with E-state index in [2.05, 4.69) is 22.9 Å². The molecule has 5 N–H and O–H groups in total. The Balaban J connectivity index is 0.869. The van der Waals surface area contributed by atoms with Gasteiger partial charge >= 0.3 is 0 Å². The number of aliphatic hydroxyl groups excluding tert-OH is 2. The molecule has 0 spiro atoms. The van der Waals surface area contributed by atoms with Gasteiger partial charge in [0.15, 0.2) is 23.5 Å². The van der Waals surface area contributed by atoms with Crippen LogP contribution >= 0.6 is 11.8 Å². The summed E-state index contributed by atoms with van der Waals surface area (Å²) in [5.74, 6) is -3.19. The van der Waals surface area contributed by atoms with Gasteiger partial charge in [0.05, 0.1) is 12.2 Å². The lowest BCUT2D eigenvalue weighted by Gasteiger charge is -2.59. The Bertz CT molecular complexity index is 2330. The molecule has 3 saturated carbocycles. The first kappa shape index (κ1) is 44.4. The van der Waals surface area contributed by atoms with Gasteiger partial charge in [0, 0.05) is 62.9 Å². The summed E-state index contributed by atoms with van der Waals surface area (Å²) in [7, 11) is 0. The van der Waals surface area contributed by atoms with Crippen LogP contribution in [0.25, 0.3) is 0 Å². The lowest BCUT2D eigenvalue weighted by molar-refractivity contribution is -0.201. The number of ether oxygens (including phenoxy) is 2. The maximum absolute atomic E-state index is 13.9. The first-order valence-corrected chi connectivity index (χ1v) is 22.2. The maximum Gasteiger partial charge on any atom is 0.253 e. The molecule has 0 bridgehead atoms. The average Bonchev–Trinajstić information content (AvgIpc) is 3.87. The molecule has 16 heteroatoms. The molecular formula is C47H52N4O11S. The molecule has 4 fully saturated rings. The highest BCUT2D eigenvalue weighted by molar-refractivity contribution is 7.99. The van der Waals surface area contributed by atoms with Crippen LogP contribution in [0.15, 0.2) is 94.3 Å². The summed E-state index contributed by atoms with van der Waals surface area (Å²) in [5, 5.41) is 30.2. The van der Waals surface area contributed by atoms with E-state index in [1.165, 1.54) is 25.6 Å². The first-order valence-electron chi connectivity index (χ1n) is 21.4. The molecule has 63 heavy (non-hydrogen) atoms. The first-order chi connectivity index (χ1) is 30.0. The lowest BCUT2D eigenvalue weighted by atomic mass is 9.46. The number of carbonyl (C=O) groups is 7. The number of Topliss-reactive ketones (excluding diaryl/α,β-unsaturated/α-hetero) is 1. The molecule has 6 aliphatic rings. The molecule has 2 heterocycles. The molecule has 4 aliphatic carbocycles. The molecule has 8 rings (SSSR count). The number of aliphatic hydroxyl groups is 2. The molecule has 2 aromatic carbocycles. The minimum Gasteiger partial charge on any atom is -0.393 e. The Labute approximate surface area is 369 Å². The van der Waals surface area contributed by atoms with Crippen molar-refractivity contribution in [3.63, 3.8) is 0 Å². The van der Waals surface area contributed by atoms with Crippen LogP contribution in [0.2, 0.25) is 0 Å². The van der Waals surface area contributed by atoms with Gasteiger partial charge in [-0.05, 0) is 93.9 Å². The van der Waals surface area contributed by atoms with Crippen molar-refractivity contribution in [2.45, 2.75) is 106 Å². The molecule has 1 saturated heterocycles. The molecule has 1 unspecified atom stereocenters. The zero-order valence-electron chi connectivity index (χ0n) is 35.5. The molecule has 0 aromatic heterocycles. The third-order valence-electron chi connectivity index (χ3n) is 14.3. The molecule has 332 valence electrons. The number of carbonyl (C=O) groups excluding carboxylic acids is 7. The molecule has 11 atom stereocenters. The molecule has 2 aliphatic heterocycles. The Hall–Kier alpha value is -5.26. The highest BCUT2D eigenvalue weighted by atomic mass is 32.2. The second-order valence-electron chi connectivity index (χ2n) is 18.0. The number of nitrogens with one attached hydrogen (secondary N) is 3. The van der Waals surface area contributed by atoms with Crippen LogP contribution in [0.5, 0.6) is 0 Å². The summed E-state index contributed by atoms with van der Waals surface area (Å²) in [5.41, 5.74) is -0.492. The van der Waals surface area contributed by atoms with E-state index >= 15 is 0 Å². The largest absolute Gasteiger partial charge is 0.393 e. The zero-order valence-corrected chi connectivity index (χ0v) is 36.3. The Kier molecular flexibility index (Phi) is 12.0. The van der Waals surface area contributed by atoms with Crippen molar-refractivity contribution >= 4 is 58.6 Å². The van der Waals surface area contributed by atoms with E-state index in [0.29, 0.717) is 17.7 Å². The van der Waals surface area contributed by atoms with E-state index in [-0.39, 0.29) is 42.9 Å². The Morgan fingerprint density at radius 3 is 2.37 bits per heavy atom. The SMILES string of the molecule is C[C@H](NC(=O)CCN1C(=O)C=CC1=O)C(=O)N[C@@H](C)C(=O)Nc1cccc(Sc2ccc([C@@H]3O[C@@H]4C[C@H]5[C@@H]6CCC7=CC(=O)C=C[C@]7(C)C6[C@@H](O)C[C@]5(C)[C@]4(C(=O)CO)O3)cc2)c1. The van der Waals surface area contributed by atoms with Gasteiger partial charge in [0.25, 0.3) is 11.8 Å². The molecule has 15 nitrogen and oxygen atoms in total. The highest BCUT2D eigenvalue weighted by Crippen LogP contribution is 2.70. The number of fused-ring (bicyclic) bond motifs is 7. The normalized spacial score (nSPS) is 32.5. The van der Waals surface area contributed by atoms with Crippen molar-refractivity contribution in [1.29, 1.82) is 0 Å². The third-order valence-corrected chi connectivity index (χ3v) is 15.3. The molecular weight excluding hydrogens is 829 g/mol. The van der Waals surface area contributed by atoms with Crippen LogP contribution in [-0.4, -0.2) is 99.3 Å². The highest BCUT2D eigenvalue weighted by Gasteiger charge is 2.76. The molecule has 0 radical (unpaired) electrons. The number of nitrogens with zero attached hydrogens (tertiary/aromatic N) is 1. The van der Waals surface area contributed by atoms with Crippen LogP contribution in [0, 0.1) is 28.6 Å². The smallest absolute Gasteiger partial charge is 0.253 e. The maximum atomic E-state index is 13.9. The van der Waals surface area contributed by atoms with Gasteiger partial charge < -0.3 is 35.6 Å². The van der Waals surface area contributed by atoms with Crippen molar-refractivity contribution in [2.75, 3.05) is 18.5 Å². The second kappa shape index (κ2) is 17.0. The second-order valence-corrected chi connectivity index (χ2v) is 19.1. The molecule has 5 amide bonds. The van der Waals surface area contributed by atoms with Gasteiger partial charge in [0.2, 0.25) is 17.7 Å². The summed E-state index contributed by atoms with van der Waals surface area (Å²) in [4.78, 5) is 90.5. The summed E-state index contributed by atoms with van der Waals surface area (Å²) < 4.78 is 13.4. The lowest BCUT2D eigenvalue weighted by Crippen LogP contribution is -2.63. The summed E-state index contributed by atoms with van der Waals surface area (Å²) in [6.07, 6.45) is 7.40. The summed E-state index contributed by atoms with van der Waals surface area (Å²) >= 11 is 1.45. The summed E-state index contributed by atoms with van der Waals surface area (Å²) in [6, 6.07) is 12.8. The van der Waals surface area contributed by atoms with Crippen molar-refractivity contribution < 1.29 is 53.2 Å². The number of amides is 5. The van der Waals surface area contributed by atoms with Crippen LogP contribution in [0.1, 0.15) is 71.7 Å². The van der Waals surface area contributed by atoms with Crippen molar-refractivity contribution in [3.05, 3.63) is 90.0 Å². The minimum atomic E-state index is -1.45. The number of imide groups is 1. The Morgan fingerprint density at radius 1 is 0.937 bits per heavy atom. The third kappa shape index (κ3) is 7.90. The number of hydrogen-bond acceptors (Lipinski definition) is 12. The van der Waals surface area contributed by atoms with Gasteiger partial charge in [0.1, 0.15) is 18.7 Å². The Morgan fingerprint density at radius 2 is 1.65 bits per heavy atom. The van der Waals surface area contributed by atoms with E-state index < -0.39 is 88.9 Å². The predicted octanol–water partition coefficient (Wildman–Crippen LogP) is 3.70. The minimum absolute atomic E-state index is 0.0140. The van der Waals surface area contributed by atoms with Crippen molar-refractivity contribution in [3.8, 4) is 0 Å². The quantitative estimate of drug-likeness (QED) is 0.182. The number of rotatable bonds is 13. The fourth-order valence-corrected chi connectivity index (χ4v) is 12.1. The van der Waals surface area contributed by atoms with Crippen LogP contribution < -0.4 is 16.0 Å². The van der Waals surface area contributed by atoms with E-state index in [9.17, 15) is 43.8 Å². The fourth-order valence-electron chi connectivity index (χ4n) is 11.2. The van der Waals surface area contributed by atoms with Gasteiger partial charge in [-0.15, -0.1) is 0 Å². The monoisotopic (exact) mass is 880 g/mol. The van der Waals surface area contributed by atoms with Crippen molar-refractivity contribution in [1.82, 2.24) is 15.5 Å². The number of ketones is 2. The van der Waals surface area contributed by atoms with Crippen LogP contribution in [0.4, 0.5) is 5.69 Å². The van der Waals surface area contributed by atoms with Gasteiger partial charge in [-0.2, -0.15) is 0 Å². The predicted molar refractivity (Wildman–Crippen MR) is 228 cm³/mol. The zero-order chi connectivity index (χ0) is 45.0. The topological polar surface area (TPSA) is 218 Å². The molecule has 2 aromatic rings. The van der Waals surface area contributed by atoms with Gasteiger partial charge in [-0.3, -0.25) is 38.5 Å². The average molecular weight is 881 g/mol. The number of benzene rings is 2. The van der Waals surface area contributed by atoms with Crippen LogP contribution in [0.3, 0.4) is 0 Å². The van der Waals surface area contributed by atoms with E-state index in [1.54, 1.807) is 30.4 Å². The van der Waals surface area contributed by atoms with Crippen LogP contribution in [-0.2, 0) is 43.0 Å². The standard InChI is InChI=1S/C47H52N4O11S/c1-25(48-38(56)17-19-51-39(57)14-15-40(51)58)42(59)49-26(2)43(60)50-29-6-5-7-32(21-29)63-31-11-8-27(9-12-31)44-61-37-22-34-33-13-10-28-20-30(53)16-18-45(28,3)41(33)35(54)23-46(34,4)47(37,62-44)36(55)24-52/h5-9,11-12,14-16,18,20-21,25-26,33-35,37,41,44,52,54H,10,13,17,19,22-24H2,1-4H3,(H,48,56)(H,49,59)(H,50,60)/t25-,26-,33-,34-,35-,37+,41?,44+,45-,46-,47+/m0/s1. The number of hydrogen-bond donors (Lipinski definition) is 5. The van der Waals surface area contributed by atoms with E-state index in [0.717, 1.165) is 45.3 Å². The van der Waals surface area contributed by atoms with Gasteiger partial charge in [-0.25, -0.2) is 0 Å². The number of anilines is 1. The van der Waals surface area contributed by atoms with E-state index in [1.807, 2.05) is 43.3 Å². The van der Waals surface area contributed by atoms with E-state index in [4.69, 9.17) is 9.47 Å². The number of allylic oxidation sites excluding steroid dienone is 4. The summed E-state index contributed by atoms with van der Waals surface area (Å²) in [6.45, 7) is 6.25. The van der Waals surface area contributed by atoms with Crippen molar-refractivity contribution in [2.24, 2.45) is 28.6 Å².